The molecule has 0 unspecified atom stereocenters. The number of ether oxygens (including phenoxy) is 1. The molecule has 0 saturated carbocycles. The maximum atomic E-state index is 12.9. The van der Waals surface area contributed by atoms with Gasteiger partial charge in [0.25, 0.3) is 0 Å². The van der Waals surface area contributed by atoms with Gasteiger partial charge in [0.15, 0.2) is 0 Å². The molecule has 5 nitrogen and oxygen atoms in total. The van der Waals surface area contributed by atoms with E-state index in [1.165, 1.54) is 11.8 Å². The lowest BCUT2D eigenvalue weighted by Gasteiger charge is -2.23. The summed E-state index contributed by atoms with van der Waals surface area (Å²) in [6.07, 6.45) is 0. The number of benzene rings is 3. The molecule has 3 rings (SSSR count). The normalized spacial score (nSPS) is 10.4. The number of hydrogen-bond acceptors (Lipinski definition) is 4. The lowest BCUT2D eigenvalue weighted by molar-refractivity contribution is -0.116. The number of rotatable bonds is 10. The van der Waals surface area contributed by atoms with Crippen molar-refractivity contribution < 1.29 is 14.3 Å². The van der Waals surface area contributed by atoms with E-state index in [-0.39, 0.29) is 23.3 Å². The zero-order valence-electron chi connectivity index (χ0n) is 17.5. The van der Waals surface area contributed by atoms with Crippen molar-refractivity contribution in [1.82, 2.24) is 0 Å². The van der Waals surface area contributed by atoms with Crippen molar-refractivity contribution >= 4 is 35.0 Å². The molecule has 0 saturated heterocycles. The Morgan fingerprint density at radius 3 is 2.16 bits per heavy atom. The van der Waals surface area contributed by atoms with Crippen molar-refractivity contribution in [3.05, 3.63) is 90.5 Å². The highest BCUT2D eigenvalue weighted by Crippen LogP contribution is 2.19. The molecule has 0 bridgehead atoms. The second-order valence-corrected chi connectivity index (χ2v) is 7.78. The van der Waals surface area contributed by atoms with Gasteiger partial charge in [-0.2, -0.15) is 0 Å². The summed E-state index contributed by atoms with van der Waals surface area (Å²) in [6, 6.07) is 26.7. The van der Waals surface area contributed by atoms with Crippen LogP contribution in [0.2, 0.25) is 0 Å². The van der Waals surface area contributed by atoms with E-state index in [1.54, 1.807) is 17.0 Å². The first-order valence-electron chi connectivity index (χ1n) is 10.2. The molecular weight excluding hydrogens is 408 g/mol. The molecule has 0 fully saturated rings. The average Bonchev–Trinajstić information content (AvgIpc) is 2.80. The van der Waals surface area contributed by atoms with E-state index in [2.05, 4.69) is 5.32 Å². The number of amides is 2. The van der Waals surface area contributed by atoms with Gasteiger partial charge < -0.3 is 15.0 Å². The molecule has 0 aliphatic carbocycles. The fraction of sp³-hybridized carbons (Fsp3) is 0.200. The quantitative estimate of drug-likeness (QED) is 0.488. The van der Waals surface area contributed by atoms with Crippen LogP contribution in [0.25, 0.3) is 0 Å². The minimum absolute atomic E-state index is 0.0334. The molecule has 0 spiro atoms. The smallest absolute Gasteiger partial charge is 0.237 e. The summed E-state index contributed by atoms with van der Waals surface area (Å²) in [5, 5.41) is 2.85. The zero-order valence-corrected chi connectivity index (χ0v) is 18.3. The second-order valence-electron chi connectivity index (χ2n) is 6.80. The van der Waals surface area contributed by atoms with Crippen LogP contribution in [0.1, 0.15) is 12.5 Å². The van der Waals surface area contributed by atoms with Gasteiger partial charge in [0, 0.05) is 11.4 Å². The van der Waals surface area contributed by atoms with Crippen molar-refractivity contribution in [1.29, 1.82) is 0 Å². The van der Waals surface area contributed by atoms with Crippen LogP contribution in [0.3, 0.4) is 0 Å². The van der Waals surface area contributed by atoms with E-state index in [9.17, 15) is 9.59 Å². The first-order valence-corrected chi connectivity index (χ1v) is 11.3. The molecule has 3 aromatic carbocycles. The summed E-state index contributed by atoms with van der Waals surface area (Å²) in [5.74, 6) is 1.01. The van der Waals surface area contributed by atoms with Gasteiger partial charge in [-0.1, -0.05) is 48.5 Å². The van der Waals surface area contributed by atoms with Gasteiger partial charge in [0.05, 0.1) is 24.7 Å². The lowest BCUT2D eigenvalue weighted by atomic mass is 10.2. The van der Waals surface area contributed by atoms with Crippen molar-refractivity contribution in [3.63, 3.8) is 0 Å². The Hall–Kier alpha value is -3.25. The molecule has 0 aliphatic rings. The van der Waals surface area contributed by atoms with Crippen molar-refractivity contribution in [3.8, 4) is 5.75 Å². The number of nitrogens with zero attached hydrogens (tertiary/aromatic N) is 1. The molecule has 1 N–H and O–H groups in total. The minimum atomic E-state index is -0.142. The molecule has 6 heteroatoms. The van der Waals surface area contributed by atoms with Gasteiger partial charge in [-0.05, 0) is 48.9 Å². The maximum Gasteiger partial charge on any atom is 0.237 e. The fourth-order valence-corrected chi connectivity index (χ4v) is 3.69. The monoisotopic (exact) mass is 434 g/mol. The molecule has 0 aromatic heterocycles. The summed E-state index contributed by atoms with van der Waals surface area (Å²) in [4.78, 5) is 27.0. The van der Waals surface area contributed by atoms with Crippen LogP contribution in [-0.4, -0.2) is 29.9 Å². The highest BCUT2D eigenvalue weighted by molar-refractivity contribution is 8.00. The third-order valence-corrected chi connectivity index (χ3v) is 5.38. The molecule has 0 heterocycles. The Morgan fingerprint density at radius 2 is 1.52 bits per heavy atom. The SMILES string of the molecule is CCOc1ccc(NC(=O)CSCC(=O)N(Cc2ccccc2)c2ccccc2)cc1. The second kappa shape index (κ2) is 11.8. The minimum Gasteiger partial charge on any atom is -0.494 e. The first-order chi connectivity index (χ1) is 15.2. The Balaban J connectivity index is 1.53. The molecule has 160 valence electrons. The standard InChI is InChI=1S/C25H26N2O3S/c1-2-30-23-15-13-21(14-16-23)26-24(28)18-31-19-25(29)27(22-11-7-4-8-12-22)17-20-9-5-3-6-10-20/h3-16H,2,17-19H2,1H3,(H,26,28). The molecule has 0 radical (unpaired) electrons. The summed E-state index contributed by atoms with van der Waals surface area (Å²) in [7, 11) is 0. The third-order valence-electron chi connectivity index (χ3n) is 4.46. The van der Waals surface area contributed by atoms with Crippen LogP contribution >= 0.6 is 11.8 Å². The predicted octanol–water partition coefficient (Wildman–Crippen LogP) is 4.99. The molecule has 2 amide bonds. The number of thioether (sulfide) groups is 1. The first kappa shape index (κ1) is 22.4. The van der Waals surface area contributed by atoms with E-state index in [4.69, 9.17) is 4.74 Å². The highest BCUT2D eigenvalue weighted by Gasteiger charge is 2.17. The maximum absolute atomic E-state index is 12.9. The Morgan fingerprint density at radius 1 is 0.871 bits per heavy atom. The van der Waals surface area contributed by atoms with E-state index in [1.807, 2.05) is 79.7 Å². The average molecular weight is 435 g/mol. The largest absolute Gasteiger partial charge is 0.494 e. The summed E-state index contributed by atoms with van der Waals surface area (Å²) < 4.78 is 5.40. The number of nitrogens with one attached hydrogen (secondary N) is 1. The van der Waals surface area contributed by atoms with E-state index >= 15 is 0 Å². The number of carbonyl (C=O) groups is 2. The van der Waals surface area contributed by atoms with Gasteiger partial charge >= 0.3 is 0 Å². The van der Waals surface area contributed by atoms with Gasteiger partial charge in [0.1, 0.15) is 5.75 Å². The molecule has 0 aliphatic heterocycles. The highest BCUT2D eigenvalue weighted by atomic mass is 32.2. The predicted molar refractivity (Wildman–Crippen MR) is 128 cm³/mol. The van der Waals surface area contributed by atoms with Crippen LogP contribution in [0, 0.1) is 0 Å². The van der Waals surface area contributed by atoms with Crippen molar-refractivity contribution in [2.45, 2.75) is 13.5 Å². The Kier molecular flexibility index (Phi) is 8.55. The molecule has 3 aromatic rings. The molecular formula is C25H26N2O3S. The fourth-order valence-electron chi connectivity index (χ4n) is 3.00. The number of carbonyl (C=O) groups excluding carboxylic acids is 2. The van der Waals surface area contributed by atoms with Crippen LogP contribution in [0.15, 0.2) is 84.9 Å². The topological polar surface area (TPSA) is 58.6 Å². The Labute approximate surface area is 187 Å². The third kappa shape index (κ3) is 7.19. The van der Waals surface area contributed by atoms with Gasteiger partial charge in [-0.15, -0.1) is 11.8 Å². The number of para-hydroxylation sites is 1. The Bertz CT molecular complexity index is 963. The number of anilines is 2. The van der Waals surface area contributed by atoms with Crippen LogP contribution in [-0.2, 0) is 16.1 Å². The molecule has 31 heavy (non-hydrogen) atoms. The number of hydrogen-bond donors (Lipinski definition) is 1. The summed E-state index contributed by atoms with van der Waals surface area (Å²) >= 11 is 1.31. The van der Waals surface area contributed by atoms with Gasteiger partial charge in [0.2, 0.25) is 11.8 Å². The van der Waals surface area contributed by atoms with Crippen LogP contribution in [0.5, 0.6) is 5.75 Å². The molecule has 0 atom stereocenters. The van der Waals surface area contributed by atoms with Gasteiger partial charge in [-0.25, -0.2) is 0 Å². The van der Waals surface area contributed by atoms with E-state index < -0.39 is 0 Å². The van der Waals surface area contributed by atoms with Crippen LogP contribution < -0.4 is 15.0 Å². The summed E-state index contributed by atoms with van der Waals surface area (Å²) in [6.45, 7) is 3.01. The van der Waals surface area contributed by atoms with E-state index in [0.29, 0.717) is 18.8 Å². The lowest BCUT2D eigenvalue weighted by Crippen LogP contribution is -2.32. The van der Waals surface area contributed by atoms with Crippen LogP contribution in [0.4, 0.5) is 11.4 Å². The summed E-state index contributed by atoms with van der Waals surface area (Å²) in [5.41, 5.74) is 2.60. The van der Waals surface area contributed by atoms with E-state index in [0.717, 1.165) is 17.0 Å². The zero-order chi connectivity index (χ0) is 21.9. The van der Waals surface area contributed by atoms with Crippen molar-refractivity contribution in [2.24, 2.45) is 0 Å². The van der Waals surface area contributed by atoms with Crippen molar-refractivity contribution in [2.75, 3.05) is 28.3 Å². The van der Waals surface area contributed by atoms with Gasteiger partial charge in [-0.3, -0.25) is 9.59 Å².